The number of carbonyl (C=O) groups excluding carboxylic acids is 1. The Morgan fingerprint density at radius 3 is 2.94 bits per heavy atom. The van der Waals surface area contributed by atoms with Gasteiger partial charge in [-0.1, -0.05) is 4.49 Å². The number of nitrogens with zero attached hydrogens (tertiary/aromatic N) is 5. The first-order valence-electron chi connectivity index (χ1n) is 9.53. The van der Waals surface area contributed by atoms with Gasteiger partial charge in [-0.3, -0.25) is 4.79 Å². The third kappa shape index (κ3) is 3.64. The standard InChI is InChI=1S/C19H18N6O3S3/c1-25(31(2,27)28)19(26)10-3-5-12-14(7-10)29-18-16(12)17(20-9-21-18)22-11-4-6-13-15(8-11)30-24-23-13/h4,6,8-10H,3,5,7H2,1-2H3,(H,20,21,22)/t10-/m0/s1. The second kappa shape index (κ2) is 7.46. The van der Waals surface area contributed by atoms with Crippen LogP contribution < -0.4 is 5.32 Å². The Balaban J connectivity index is 1.47. The van der Waals surface area contributed by atoms with Crippen LogP contribution >= 0.6 is 22.9 Å². The van der Waals surface area contributed by atoms with Crippen molar-refractivity contribution >= 4 is 70.7 Å². The van der Waals surface area contributed by atoms with Gasteiger partial charge in [-0.25, -0.2) is 22.7 Å². The summed E-state index contributed by atoms with van der Waals surface area (Å²) in [5, 5.41) is 8.42. The van der Waals surface area contributed by atoms with E-state index in [9.17, 15) is 13.2 Å². The first-order valence-corrected chi connectivity index (χ1v) is 13.0. The molecule has 0 bridgehead atoms. The summed E-state index contributed by atoms with van der Waals surface area (Å²) in [5.41, 5.74) is 2.87. The molecule has 0 saturated carbocycles. The molecule has 1 aliphatic rings. The SMILES string of the molecule is CN(C(=O)[C@H]1CCc2c(sc3ncnc(Nc4ccc5nnsc5c4)c23)C1)S(C)(=O)=O. The highest BCUT2D eigenvalue weighted by Crippen LogP contribution is 2.41. The molecule has 1 N–H and O–H groups in total. The van der Waals surface area contributed by atoms with Gasteiger partial charge in [0.2, 0.25) is 15.9 Å². The molecule has 9 nitrogen and oxygen atoms in total. The Bertz CT molecular complexity index is 1430. The summed E-state index contributed by atoms with van der Waals surface area (Å²) < 4.78 is 29.3. The Kier molecular flexibility index (Phi) is 4.87. The quantitative estimate of drug-likeness (QED) is 0.480. The number of aromatic nitrogens is 4. The van der Waals surface area contributed by atoms with Gasteiger partial charge in [-0.05, 0) is 54.6 Å². The monoisotopic (exact) mass is 474 g/mol. The Labute approximate surface area is 186 Å². The fraction of sp³-hybridized carbons (Fsp3) is 0.316. The predicted octanol–water partition coefficient (Wildman–Crippen LogP) is 2.96. The highest BCUT2D eigenvalue weighted by molar-refractivity contribution is 7.88. The molecular weight excluding hydrogens is 456 g/mol. The van der Waals surface area contributed by atoms with E-state index in [0.29, 0.717) is 19.3 Å². The zero-order chi connectivity index (χ0) is 21.8. The number of hydrogen-bond donors (Lipinski definition) is 1. The van der Waals surface area contributed by atoms with Crippen LogP contribution in [0.5, 0.6) is 0 Å². The highest BCUT2D eigenvalue weighted by atomic mass is 32.2. The summed E-state index contributed by atoms with van der Waals surface area (Å²) in [6, 6.07) is 5.84. The minimum absolute atomic E-state index is 0.356. The van der Waals surface area contributed by atoms with Crippen molar-refractivity contribution in [1.29, 1.82) is 0 Å². The largest absolute Gasteiger partial charge is 0.340 e. The van der Waals surface area contributed by atoms with Crippen LogP contribution in [0.1, 0.15) is 16.9 Å². The van der Waals surface area contributed by atoms with Gasteiger partial charge in [0.1, 0.15) is 22.5 Å². The van der Waals surface area contributed by atoms with Crippen LogP contribution in [0.15, 0.2) is 24.5 Å². The molecule has 1 aromatic carbocycles. The molecule has 0 radical (unpaired) electrons. The van der Waals surface area contributed by atoms with Crippen molar-refractivity contribution in [3.05, 3.63) is 35.0 Å². The van der Waals surface area contributed by atoms with E-state index in [4.69, 9.17) is 0 Å². The van der Waals surface area contributed by atoms with E-state index in [1.165, 1.54) is 36.2 Å². The lowest BCUT2D eigenvalue weighted by Crippen LogP contribution is -2.38. The van der Waals surface area contributed by atoms with Gasteiger partial charge in [-0.15, -0.1) is 16.4 Å². The number of nitrogens with one attached hydrogen (secondary N) is 1. The molecule has 160 valence electrons. The van der Waals surface area contributed by atoms with E-state index in [0.717, 1.165) is 52.9 Å². The highest BCUT2D eigenvalue weighted by Gasteiger charge is 2.33. The molecule has 3 aromatic heterocycles. The van der Waals surface area contributed by atoms with Gasteiger partial charge in [0.15, 0.2) is 0 Å². The summed E-state index contributed by atoms with van der Waals surface area (Å²) in [4.78, 5) is 23.5. The molecule has 0 saturated heterocycles. The summed E-state index contributed by atoms with van der Waals surface area (Å²) in [7, 11) is -2.24. The van der Waals surface area contributed by atoms with Gasteiger partial charge in [0.05, 0.1) is 16.3 Å². The second-order valence-electron chi connectivity index (χ2n) is 7.50. The van der Waals surface area contributed by atoms with Crippen molar-refractivity contribution < 1.29 is 13.2 Å². The van der Waals surface area contributed by atoms with Crippen LogP contribution in [0.3, 0.4) is 0 Å². The van der Waals surface area contributed by atoms with Gasteiger partial charge in [0, 0.05) is 23.5 Å². The van der Waals surface area contributed by atoms with Gasteiger partial charge in [-0.2, -0.15) is 0 Å². The molecule has 1 aliphatic carbocycles. The third-order valence-electron chi connectivity index (χ3n) is 5.51. The van der Waals surface area contributed by atoms with Crippen molar-refractivity contribution in [2.45, 2.75) is 19.3 Å². The zero-order valence-corrected chi connectivity index (χ0v) is 19.1. The van der Waals surface area contributed by atoms with Crippen LogP contribution in [0.2, 0.25) is 0 Å². The number of sulfonamides is 1. The van der Waals surface area contributed by atoms with E-state index in [-0.39, 0.29) is 11.8 Å². The number of aryl methyl sites for hydroxylation is 1. The molecule has 12 heteroatoms. The lowest BCUT2D eigenvalue weighted by atomic mass is 9.87. The van der Waals surface area contributed by atoms with Crippen LogP contribution in [0.25, 0.3) is 20.4 Å². The molecule has 0 spiro atoms. The van der Waals surface area contributed by atoms with E-state index >= 15 is 0 Å². The molecule has 4 aromatic rings. The van der Waals surface area contributed by atoms with Crippen molar-refractivity contribution in [2.24, 2.45) is 5.92 Å². The molecular formula is C19H18N6O3S3. The topological polar surface area (TPSA) is 118 Å². The van der Waals surface area contributed by atoms with Gasteiger partial charge >= 0.3 is 0 Å². The number of rotatable bonds is 4. The first-order chi connectivity index (χ1) is 14.8. The number of anilines is 2. The Morgan fingerprint density at radius 1 is 1.29 bits per heavy atom. The fourth-order valence-electron chi connectivity index (χ4n) is 3.83. The van der Waals surface area contributed by atoms with Gasteiger partial charge < -0.3 is 5.32 Å². The molecule has 3 heterocycles. The molecule has 1 atom stereocenters. The maximum absolute atomic E-state index is 12.7. The minimum atomic E-state index is -3.56. The summed E-state index contributed by atoms with van der Waals surface area (Å²) in [5.74, 6) is 0.00440. The molecule has 1 amide bonds. The molecule has 0 fully saturated rings. The number of hydrogen-bond acceptors (Lipinski definition) is 10. The van der Waals surface area contributed by atoms with Crippen LogP contribution in [-0.2, 0) is 27.7 Å². The van der Waals surface area contributed by atoms with Crippen molar-refractivity contribution in [3.63, 3.8) is 0 Å². The molecule has 0 aliphatic heterocycles. The van der Waals surface area contributed by atoms with Crippen LogP contribution in [0.4, 0.5) is 11.5 Å². The summed E-state index contributed by atoms with van der Waals surface area (Å²) in [6.07, 6.45) is 4.34. The van der Waals surface area contributed by atoms with Crippen LogP contribution in [0, 0.1) is 5.92 Å². The first kappa shape index (κ1) is 20.2. The summed E-state index contributed by atoms with van der Waals surface area (Å²) >= 11 is 2.88. The molecule has 5 rings (SSSR count). The number of thiophene rings is 1. The zero-order valence-electron chi connectivity index (χ0n) is 16.7. The van der Waals surface area contributed by atoms with E-state index in [2.05, 4.69) is 24.9 Å². The van der Waals surface area contributed by atoms with Crippen molar-refractivity contribution in [3.8, 4) is 0 Å². The maximum atomic E-state index is 12.7. The predicted molar refractivity (Wildman–Crippen MR) is 121 cm³/mol. The van der Waals surface area contributed by atoms with E-state index < -0.39 is 10.0 Å². The van der Waals surface area contributed by atoms with Crippen molar-refractivity contribution in [2.75, 3.05) is 18.6 Å². The van der Waals surface area contributed by atoms with Crippen molar-refractivity contribution in [1.82, 2.24) is 23.9 Å². The summed E-state index contributed by atoms with van der Waals surface area (Å²) in [6.45, 7) is 0. The molecule has 31 heavy (non-hydrogen) atoms. The second-order valence-corrected chi connectivity index (χ2v) is 11.4. The smallest absolute Gasteiger partial charge is 0.239 e. The number of amides is 1. The lowest BCUT2D eigenvalue weighted by Gasteiger charge is -2.25. The fourth-order valence-corrected chi connectivity index (χ4v) is 6.17. The number of fused-ring (bicyclic) bond motifs is 4. The average Bonchev–Trinajstić information content (AvgIpc) is 3.35. The van der Waals surface area contributed by atoms with E-state index in [1.54, 1.807) is 0 Å². The Hall–Kier alpha value is -2.70. The number of carbonyl (C=O) groups is 1. The van der Waals surface area contributed by atoms with Crippen LogP contribution in [-0.4, -0.2) is 51.5 Å². The third-order valence-corrected chi connectivity index (χ3v) is 8.54. The molecule has 0 unspecified atom stereocenters. The van der Waals surface area contributed by atoms with Gasteiger partial charge in [0.25, 0.3) is 0 Å². The minimum Gasteiger partial charge on any atom is -0.340 e. The number of benzene rings is 1. The van der Waals surface area contributed by atoms with E-state index in [1.807, 2.05) is 18.2 Å². The normalized spacial score (nSPS) is 16.4. The Morgan fingerprint density at radius 2 is 2.13 bits per heavy atom. The maximum Gasteiger partial charge on any atom is 0.239 e. The lowest BCUT2D eigenvalue weighted by molar-refractivity contribution is -0.130. The average molecular weight is 475 g/mol.